The van der Waals surface area contributed by atoms with Crippen LogP contribution in [0.4, 0.5) is 0 Å². The van der Waals surface area contributed by atoms with Gasteiger partial charge in [0.1, 0.15) is 0 Å². The molecule has 0 aliphatic carbocycles. The summed E-state index contributed by atoms with van der Waals surface area (Å²) in [6, 6.07) is 5.73. The zero-order chi connectivity index (χ0) is 15.8. The standard InChI is InChI=1S/C18H25NO2/c1-12-6-7-14(8-13(12)2)16(20)11-19-10-15(9-17(19)21)18(3,4)5/h6-8,15H,9-11H2,1-5H3. The van der Waals surface area contributed by atoms with E-state index < -0.39 is 0 Å². The molecule has 1 aromatic carbocycles. The monoisotopic (exact) mass is 287 g/mol. The van der Waals surface area contributed by atoms with Crippen LogP contribution in [0.3, 0.4) is 0 Å². The summed E-state index contributed by atoms with van der Waals surface area (Å²) < 4.78 is 0. The van der Waals surface area contributed by atoms with Gasteiger partial charge in [0.2, 0.25) is 5.91 Å². The number of Topliss-reactive ketones (excluding diaryl/α,β-unsaturated/α-hetero) is 1. The molecule has 0 spiro atoms. The van der Waals surface area contributed by atoms with E-state index in [2.05, 4.69) is 20.8 Å². The molecule has 1 aliphatic rings. The van der Waals surface area contributed by atoms with E-state index in [-0.39, 0.29) is 23.7 Å². The highest BCUT2D eigenvalue weighted by molar-refractivity contribution is 5.99. The highest BCUT2D eigenvalue weighted by Gasteiger charge is 2.37. The molecule has 1 amide bonds. The molecule has 3 heteroatoms. The van der Waals surface area contributed by atoms with Gasteiger partial charge < -0.3 is 4.90 Å². The molecule has 1 aromatic rings. The molecule has 0 radical (unpaired) electrons. The number of ketones is 1. The van der Waals surface area contributed by atoms with Crippen LogP contribution in [-0.4, -0.2) is 29.7 Å². The van der Waals surface area contributed by atoms with Crippen molar-refractivity contribution in [2.24, 2.45) is 11.3 Å². The summed E-state index contributed by atoms with van der Waals surface area (Å²) in [5, 5.41) is 0. The van der Waals surface area contributed by atoms with E-state index in [0.717, 1.165) is 5.56 Å². The first-order valence-corrected chi connectivity index (χ1v) is 7.56. The maximum atomic E-state index is 12.4. The fourth-order valence-electron chi connectivity index (χ4n) is 2.68. The number of carbonyl (C=O) groups is 2. The van der Waals surface area contributed by atoms with E-state index in [9.17, 15) is 9.59 Å². The van der Waals surface area contributed by atoms with Gasteiger partial charge in [0, 0.05) is 18.5 Å². The molecule has 1 atom stereocenters. The van der Waals surface area contributed by atoms with Crippen molar-refractivity contribution in [3.05, 3.63) is 34.9 Å². The Labute approximate surface area is 127 Å². The van der Waals surface area contributed by atoms with Gasteiger partial charge in [0.05, 0.1) is 6.54 Å². The maximum Gasteiger partial charge on any atom is 0.223 e. The number of hydrogen-bond acceptors (Lipinski definition) is 2. The van der Waals surface area contributed by atoms with Crippen LogP contribution in [0.1, 0.15) is 48.7 Å². The molecule has 1 saturated heterocycles. The normalized spacial score (nSPS) is 19.2. The van der Waals surface area contributed by atoms with E-state index in [0.29, 0.717) is 24.4 Å². The highest BCUT2D eigenvalue weighted by Crippen LogP contribution is 2.34. The van der Waals surface area contributed by atoms with E-state index in [1.54, 1.807) is 4.90 Å². The van der Waals surface area contributed by atoms with Crippen molar-refractivity contribution >= 4 is 11.7 Å². The number of hydrogen-bond donors (Lipinski definition) is 0. The molecule has 0 bridgehead atoms. The second-order valence-corrected chi connectivity index (χ2v) is 7.26. The summed E-state index contributed by atoms with van der Waals surface area (Å²) in [5.41, 5.74) is 3.09. The summed E-state index contributed by atoms with van der Waals surface area (Å²) in [6.45, 7) is 11.4. The molecular weight excluding hydrogens is 262 g/mol. The van der Waals surface area contributed by atoms with Crippen molar-refractivity contribution in [2.45, 2.75) is 41.0 Å². The Balaban J connectivity index is 2.06. The number of nitrogens with zero attached hydrogens (tertiary/aromatic N) is 1. The summed E-state index contributed by atoms with van der Waals surface area (Å²) in [4.78, 5) is 26.2. The first kappa shape index (κ1) is 15.7. The molecule has 21 heavy (non-hydrogen) atoms. The van der Waals surface area contributed by atoms with Gasteiger partial charge in [0.25, 0.3) is 0 Å². The topological polar surface area (TPSA) is 37.4 Å². The van der Waals surface area contributed by atoms with Crippen LogP contribution >= 0.6 is 0 Å². The van der Waals surface area contributed by atoms with Gasteiger partial charge in [-0.1, -0.05) is 32.9 Å². The fraction of sp³-hybridized carbons (Fsp3) is 0.556. The quantitative estimate of drug-likeness (QED) is 0.799. The molecule has 3 nitrogen and oxygen atoms in total. The molecule has 1 aliphatic heterocycles. The Morgan fingerprint density at radius 3 is 2.43 bits per heavy atom. The second-order valence-electron chi connectivity index (χ2n) is 7.26. The number of benzene rings is 1. The largest absolute Gasteiger partial charge is 0.335 e. The van der Waals surface area contributed by atoms with Crippen molar-refractivity contribution < 1.29 is 9.59 Å². The average molecular weight is 287 g/mol. The molecule has 0 saturated carbocycles. The second kappa shape index (κ2) is 5.63. The van der Waals surface area contributed by atoms with Gasteiger partial charge in [-0.25, -0.2) is 0 Å². The SMILES string of the molecule is Cc1ccc(C(=O)CN2CC(C(C)(C)C)CC2=O)cc1C. The van der Waals surface area contributed by atoms with Crippen molar-refractivity contribution in [3.63, 3.8) is 0 Å². The summed E-state index contributed by atoms with van der Waals surface area (Å²) >= 11 is 0. The molecule has 0 aromatic heterocycles. The Morgan fingerprint density at radius 2 is 1.90 bits per heavy atom. The van der Waals surface area contributed by atoms with Gasteiger partial charge in [0.15, 0.2) is 5.78 Å². The third kappa shape index (κ3) is 3.52. The number of rotatable bonds is 3. The number of amides is 1. The van der Waals surface area contributed by atoms with Crippen LogP contribution in [0.15, 0.2) is 18.2 Å². The van der Waals surface area contributed by atoms with E-state index in [1.807, 2.05) is 32.0 Å². The van der Waals surface area contributed by atoms with Gasteiger partial charge in [-0.15, -0.1) is 0 Å². The zero-order valence-corrected chi connectivity index (χ0v) is 13.7. The average Bonchev–Trinajstić information content (AvgIpc) is 2.74. The summed E-state index contributed by atoms with van der Waals surface area (Å²) in [6.07, 6.45) is 0.559. The van der Waals surface area contributed by atoms with Crippen LogP contribution in [0.25, 0.3) is 0 Å². The minimum absolute atomic E-state index is 0.0287. The first-order valence-electron chi connectivity index (χ1n) is 7.56. The number of carbonyl (C=O) groups excluding carboxylic acids is 2. The van der Waals surface area contributed by atoms with Gasteiger partial charge in [-0.05, 0) is 42.4 Å². The minimum Gasteiger partial charge on any atom is -0.335 e. The van der Waals surface area contributed by atoms with Gasteiger partial charge in [-0.3, -0.25) is 9.59 Å². The lowest BCUT2D eigenvalue weighted by atomic mass is 9.80. The lowest BCUT2D eigenvalue weighted by molar-refractivity contribution is -0.127. The molecule has 1 fully saturated rings. The molecule has 2 rings (SSSR count). The highest BCUT2D eigenvalue weighted by atomic mass is 16.2. The third-order valence-corrected chi connectivity index (χ3v) is 4.60. The van der Waals surface area contributed by atoms with E-state index >= 15 is 0 Å². The Hall–Kier alpha value is -1.64. The van der Waals surface area contributed by atoms with Crippen LogP contribution in [-0.2, 0) is 4.79 Å². The minimum atomic E-state index is 0.0287. The summed E-state index contributed by atoms with van der Waals surface area (Å²) in [7, 11) is 0. The number of aryl methyl sites for hydroxylation is 2. The van der Waals surface area contributed by atoms with Gasteiger partial charge >= 0.3 is 0 Å². The zero-order valence-electron chi connectivity index (χ0n) is 13.7. The fourth-order valence-corrected chi connectivity index (χ4v) is 2.68. The molecule has 114 valence electrons. The van der Waals surface area contributed by atoms with Crippen LogP contribution in [0.2, 0.25) is 0 Å². The smallest absolute Gasteiger partial charge is 0.223 e. The lowest BCUT2D eigenvalue weighted by Crippen LogP contribution is -2.32. The van der Waals surface area contributed by atoms with Crippen LogP contribution in [0.5, 0.6) is 0 Å². The van der Waals surface area contributed by atoms with Crippen molar-refractivity contribution in [2.75, 3.05) is 13.1 Å². The van der Waals surface area contributed by atoms with Crippen molar-refractivity contribution in [1.29, 1.82) is 0 Å². The van der Waals surface area contributed by atoms with Crippen molar-refractivity contribution in [1.82, 2.24) is 4.90 Å². The Morgan fingerprint density at radius 1 is 1.24 bits per heavy atom. The molecule has 1 heterocycles. The van der Waals surface area contributed by atoms with E-state index in [4.69, 9.17) is 0 Å². The predicted molar refractivity (Wildman–Crippen MR) is 84.4 cm³/mol. The number of likely N-dealkylation sites (tertiary alicyclic amines) is 1. The van der Waals surface area contributed by atoms with Crippen molar-refractivity contribution in [3.8, 4) is 0 Å². The maximum absolute atomic E-state index is 12.4. The molecular formula is C18H25NO2. The third-order valence-electron chi connectivity index (χ3n) is 4.60. The first-order chi connectivity index (χ1) is 9.68. The summed E-state index contributed by atoms with van der Waals surface area (Å²) in [5.74, 6) is 0.464. The Kier molecular flexibility index (Phi) is 4.22. The predicted octanol–water partition coefficient (Wildman–Crippen LogP) is 3.38. The molecule has 0 N–H and O–H groups in total. The molecule has 1 unspecified atom stereocenters. The van der Waals surface area contributed by atoms with Crippen LogP contribution in [0, 0.1) is 25.2 Å². The van der Waals surface area contributed by atoms with Crippen LogP contribution < -0.4 is 0 Å². The lowest BCUT2D eigenvalue weighted by Gasteiger charge is -2.26. The van der Waals surface area contributed by atoms with Gasteiger partial charge in [-0.2, -0.15) is 0 Å². The Bertz CT molecular complexity index is 569. The van der Waals surface area contributed by atoms with E-state index in [1.165, 1.54) is 5.56 Å².